The fraction of sp³-hybridized carbons (Fsp3) is 0.875. The van der Waals surface area contributed by atoms with Crippen molar-refractivity contribution in [1.29, 1.82) is 0 Å². The van der Waals surface area contributed by atoms with Crippen molar-refractivity contribution in [3.8, 4) is 0 Å². The molecule has 0 bridgehead atoms. The van der Waals surface area contributed by atoms with Gasteiger partial charge in [-0.15, -0.1) is 0 Å². The van der Waals surface area contributed by atoms with Crippen LogP contribution in [0.2, 0.25) is 0 Å². The molecule has 0 aliphatic rings. The molecule has 0 saturated heterocycles. The predicted octanol–water partition coefficient (Wildman–Crippen LogP) is -0.203. The Morgan fingerprint density at radius 2 is 1.85 bits per heavy atom. The van der Waals surface area contributed by atoms with Crippen molar-refractivity contribution in [2.24, 2.45) is 11.5 Å². The molecule has 0 unspecified atom stereocenters. The molecule has 1 amide bonds. The van der Waals surface area contributed by atoms with Gasteiger partial charge in [-0.3, -0.25) is 0 Å². The minimum absolute atomic E-state index is 0.213. The molecule has 5 nitrogen and oxygen atoms in total. The molecule has 0 aromatic rings. The van der Waals surface area contributed by atoms with E-state index in [1.807, 2.05) is 0 Å². The maximum atomic E-state index is 11.1. The summed E-state index contributed by atoms with van der Waals surface area (Å²) in [4.78, 5) is 11.1. The fourth-order valence-corrected chi connectivity index (χ4v) is 0.688. The van der Waals surface area contributed by atoms with Gasteiger partial charge >= 0.3 is 6.09 Å². The zero-order valence-electron chi connectivity index (χ0n) is 8.46. The first-order valence-corrected chi connectivity index (χ1v) is 4.28. The van der Waals surface area contributed by atoms with E-state index < -0.39 is 11.7 Å². The molecule has 0 saturated carbocycles. The third kappa shape index (κ3) is 6.36. The molecule has 5 heteroatoms. The maximum Gasteiger partial charge on any atom is 0.407 e. The first-order valence-electron chi connectivity index (χ1n) is 4.28. The van der Waals surface area contributed by atoms with Gasteiger partial charge in [0.15, 0.2) is 0 Å². The van der Waals surface area contributed by atoms with E-state index in [2.05, 4.69) is 5.32 Å². The van der Waals surface area contributed by atoms with E-state index in [1.54, 1.807) is 20.8 Å². The van der Waals surface area contributed by atoms with Gasteiger partial charge in [-0.1, -0.05) is 0 Å². The zero-order chi connectivity index (χ0) is 10.5. The van der Waals surface area contributed by atoms with Crippen molar-refractivity contribution in [2.75, 3.05) is 13.1 Å². The van der Waals surface area contributed by atoms with Crippen LogP contribution in [0, 0.1) is 0 Å². The lowest BCUT2D eigenvalue weighted by Gasteiger charge is -2.22. The Morgan fingerprint density at radius 3 is 2.15 bits per heavy atom. The molecule has 0 aromatic heterocycles. The van der Waals surface area contributed by atoms with Gasteiger partial charge in [0.1, 0.15) is 5.60 Å². The second-order valence-electron chi connectivity index (χ2n) is 3.81. The number of ether oxygens (including phenoxy) is 1. The summed E-state index contributed by atoms with van der Waals surface area (Å²) in [5.74, 6) is 0. The molecule has 0 spiro atoms. The standard InChI is InChI=1S/C8H19N3O2/c1-8(2,3)13-7(12)11-6(4-9)5-10/h6H,4-5,9-10H2,1-3H3,(H,11,12). The van der Waals surface area contributed by atoms with Crippen LogP contribution in [-0.4, -0.2) is 30.8 Å². The lowest BCUT2D eigenvalue weighted by atomic mass is 10.2. The number of rotatable bonds is 3. The number of nitrogens with two attached hydrogens (primary N) is 2. The van der Waals surface area contributed by atoms with Gasteiger partial charge in [0.05, 0.1) is 6.04 Å². The molecular weight excluding hydrogens is 170 g/mol. The first kappa shape index (κ1) is 12.2. The van der Waals surface area contributed by atoms with E-state index in [9.17, 15) is 4.79 Å². The number of hydrogen-bond acceptors (Lipinski definition) is 4. The van der Waals surface area contributed by atoms with Crippen LogP contribution in [0.5, 0.6) is 0 Å². The highest BCUT2D eigenvalue weighted by Crippen LogP contribution is 2.06. The van der Waals surface area contributed by atoms with Gasteiger partial charge in [0.2, 0.25) is 0 Å². The normalized spacial score (nSPS) is 11.5. The molecular formula is C8H19N3O2. The SMILES string of the molecule is CC(C)(C)OC(=O)NC(CN)CN. The van der Waals surface area contributed by atoms with Gasteiger partial charge in [0.25, 0.3) is 0 Å². The van der Waals surface area contributed by atoms with Crippen LogP contribution in [0.4, 0.5) is 4.79 Å². The molecule has 0 aromatic carbocycles. The minimum Gasteiger partial charge on any atom is -0.444 e. The summed E-state index contributed by atoms with van der Waals surface area (Å²) in [7, 11) is 0. The molecule has 0 aliphatic carbocycles. The molecule has 13 heavy (non-hydrogen) atoms. The summed E-state index contributed by atoms with van der Waals surface area (Å²) in [6, 6.07) is -0.213. The largest absolute Gasteiger partial charge is 0.444 e. The summed E-state index contributed by atoms with van der Waals surface area (Å²) in [6.07, 6.45) is -0.478. The van der Waals surface area contributed by atoms with Gasteiger partial charge < -0.3 is 21.5 Å². The summed E-state index contributed by atoms with van der Waals surface area (Å²) < 4.78 is 5.01. The smallest absolute Gasteiger partial charge is 0.407 e. The molecule has 5 N–H and O–H groups in total. The first-order chi connectivity index (χ1) is 5.89. The maximum absolute atomic E-state index is 11.1. The van der Waals surface area contributed by atoms with E-state index in [-0.39, 0.29) is 6.04 Å². The lowest BCUT2D eigenvalue weighted by Crippen LogP contribution is -2.46. The Hall–Kier alpha value is -0.810. The van der Waals surface area contributed by atoms with E-state index in [1.165, 1.54) is 0 Å². The summed E-state index contributed by atoms with van der Waals surface area (Å²) in [5.41, 5.74) is 10.2. The molecule has 0 radical (unpaired) electrons. The highest BCUT2D eigenvalue weighted by molar-refractivity contribution is 5.68. The summed E-state index contributed by atoms with van der Waals surface area (Å²) in [6.45, 7) is 6.02. The Labute approximate surface area is 78.8 Å². The van der Waals surface area contributed by atoms with Crippen molar-refractivity contribution in [1.82, 2.24) is 5.32 Å². The van der Waals surface area contributed by atoms with E-state index >= 15 is 0 Å². The van der Waals surface area contributed by atoms with E-state index in [0.717, 1.165) is 0 Å². The quantitative estimate of drug-likeness (QED) is 0.573. The van der Waals surface area contributed by atoms with Crippen LogP contribution in [-0.2, 0) is 4.74 Å². The Bertz CT molecular complexity index is 161. The average Bonchev–Trinajstić information content (AvgIpc) is 1.96. The molecule has 78 valence electrons. The van der Waals surface area contributed by atoms with Crippen molar-refractivity contribution >= 4 is 6.09 Å². The van der Waals surface area contributed by atoms with Gasteiger partial charge in [-0.05, 0) is 20.8 Å². The average molecular weight is 189 g/mol. The van der Waals surface area contributed by atoms with Crippen LogP contribution in [0.3, 0.4) is 0 Å². The van der Waals surface area contributed by atoms with E-state index in [0.29, 0.717) is 13.1 Å². The zero-order valence-corrected chi connectivity index (χ0v) is 8.46. The topological polar surface area (TPSA) is 90.4 Å². The molecule has 0 aliphatic heterocycles. The van der Waals surface area contributed by atoms with E-state index in [4.69, 9.17) is 16.2 Å². The van der Waals surface area contributed by atoms with Crippen molar-refractivity contribution in [3.05, 3.63) is 0 Å². The third-order valence-corrected chi connectivity index (χ3v) is 1.29. The monoisotopic (exact) mass is 189 g/mol. The third-order valence-electron chi connectivity index (χ3n) is 1.29. The Morgan fingerprint density at radius 1 is 1.38 bits per heavy atom. The van der Waals surface area contributed by atoms with Crippen LogP contribution < -0.4 is 16.8 Å². The highest BCUT2D eigenvalue weighted by atomic mass is 16.6. The van der Waals surface area contributed by atoms with Crippen molar-refractivity contribution in [3.63, 3.8) is 0 Å². The van der Waals surface area contributed by atoms with Crippen LogP contribution >= 0.6 is 0 Å². The van der Waals surface area contributed by atoms with Gasteiger partial charge in [-0.25, -0.2) is 4.79 Å². The van der Waals surface area contributed by atoms with Crippen molar-refractivity contribution < 1.29 is 9.53 Å². The lowest BCUT2D eigenvalue weighted by molar-refractivity contribution is 0.0507. The molecule has 0 heterocycles. The predicted molar refractivity (Wildman–Crippen MR) is 51.3 cm³/mol. The number of amides is 1. The number of alkyl carbamates (subject to hydrolysis) is 1. The second-order valence-corrected chi connectivity index (χ2v) is 3.81. The fourth-order valence-electron chi connectivity index (χ4n) is 0.688. The van der Waals surface area contributed by atoms with Crippen LogP contribution in [0.1, 0.15) is 20.8 Å². The molecule has 0 fully saturated rings. The van der Waals surface area contributed by atoms with Crippen LogP contribution in [0.25, 0.3) is 0 Å². The number of carbonyl (C=O) groups excluding carboxylic acids is 1. The highest BCUT2D eigenvalue weighted by Gasteiger charge is 2.17. The number of carbonyl (C=O) groups is 1. The number of hydrogen-bond donors (Lipinski definition) is 3. The Kier molecular flexibility index (Phi) is 4.72. The van der Waals surface area contributed by atoms with Crippen LogP contribution in [0.15, 0.2) is 0 Å². The second kappa shape index (κ2) is 5.04. The molecule has 0 rings (SSSR count). The molecule has 0 atom stereocenters. The summed E-state index contributed by atoms with van der Waals surface area (Å²) >= 11 is 0. The summed E-state index contributed by atoms with van der Waals surface area (Å²) in [5, 5.41) is 2.56. The minimum atomic E-state index is -0.488. The van der Waals surface area contributed by atoms with Gasteiger partial charge in [-0.2, -0.15) is 0 Å². The Balaban J connectivity index is 3.86. The number of nitrogens with one attached hydrogen (secondary N) is 1. The van der Waals surface area contributed by atoms with Crippen molar-refractivity contribution in [2.45, 2.75) is 32.4 Å². The van der Waals surface area contributed by atoms with Gasteiger partial charge in [0, 0.05) is 13.1 Å².